The standard InChI is InChI=1S/C10H18Cl2N2/c1-10(8-12)9-14-6-4-13(3-2-11)5-7-14/h8H,2-7,9H2,1H3. The molecule has 0 saturated carbocycles. The van der Waals surface area contributed by atoms with Crippen molar-refractivity contribution in [3.63, 3.8) is 0 Å². The minimum Gasteiger partial charge on any atom is -0.300 e. The van der Waals surface area contributed by atoms with Gasteiger partial charge in [0, 0.05) is 50.7 Å². The molecule has 0 aromatic rings. The predicted octanol–water partition coefficient (Wildman–Crippen LogP) is 1.99. The summed E-state index contributed by atoms with van der Waals surface area (Å²) in [5, 5.41) is 0. The zero-order valence-corrected chi connectivity index (χ0v) is 10.2. The Hall–Kier alpha value is 0.240. The Morgan fingerprint density at radius 2 is 1.79 bits per heavy atom. The average Bonchev–Trinajstić information content (AvgIpc) is 2.21. The highest BCUT2D eigenvalue weighted by atomic mass is 35.5. The molecule has 2 nitrogen and oxygen atoms in total. The fraction of sp³-hybridized carbons (Fsp3) is 0.800. The van der Waals surface area contributed by atoms with Gasteiger partial charge < -0.3 is 0 Å². The summed E-state index contributed by atoms with van der Waals surface area (Å²) in [7, 11) is 0. The van der Waals surface area contributed by atoms with Crippen LogP contribution in [0.25, 0.3) is 0 Å². The molecule has 1 aliphatic heterocycles. The summed E-state index contributed by atoms with van der Waals surface area (Å²) in [6.45, 7) is 8.58. The number of rotatable bonds is 4. The van der Waals surface area contributed by atoms with Crippen LogP contribution in [0.2, 0.25) is 0 Å². The lowest BCUT2D eigenvalue weighted by Crippen LogP contribution is -2.47. The van der Waals surface area contributed by atoms with Crippen LogP contribution >= 0.6 is 23.2 Å². The number of hydrogen-bond donors (Lipinski definition) is 0. The van der Waals surface area contributed by atoms with Gasteiger partial charge in [-0.05, 0) is 12.5 Å². The van der Waals surface area contributed by atoms with E-state index in [1.54, 1.807) is 5.54 Å². The quantitative estimate of drug-likeness (QED) is 0.690. The second kappa shape index (κ2) is 6.67. The maximum atomic E-state index is 5.70. The largest absolute Gasteiger partial charge is 0.300 e. The third-order valence-electron chi connectivity index (χ3n) is 2.52. The smallest absolute Gasteiger partial charge is 0.0351 e. The third-order valence-corrected chi connectivity index (χ3v) is 3.07. The molecule has 0 atom stereocenters. The van der Waals surface area contributed by atoms with Crippen molar-refractivity contribution in [1.82, 2.24) is 9.80 Å². The fourth-order valence-electron chi connectivity index (χ4n) is 1.68. The molecule has 0 aromatic heterocycles. The van der Waals surface area contributed by atoms with Crippen LogP contribution in [0.3, 0.4) is 0 Å². The van der Waals surface area contributed by atoms with Crippen molar-refractivity contribution in [2.75, 3.05) is 45.1 Å². The van der Waals surface area contributed by atoms with Crippen LogP contribution in [0.1, 0.15) is 6.92 Å². The summed E-state index contributed by atoms with van der Waals surface area (Å²) < 4.78 is 0. The maximum Gasteiger partial charge on any atom is 0.0351 e. The van der Waals surface area contributed by atoms with E-state index in [1.807, 2.05) is 0 Å². The molecule has 1 heterocycles. The Morgan fingerprint density at radius 3 is 2.29 bits per heavy atom. The van der Waals surface area contributed by atoms with Gasteiger partial charge in [0.05, 0.1) is 0 Å². The van der Waals surface area contributed by atoms with Gasteiger partial charge in [0.1, 0.15) is 0 Å². The zero-order valence-electron chi connectivity index (χ0n) is 8.68. The van der Waals surface area contributed by atoms with Crippen LogP contribution in [0.15, 0.2) is 11.1 Å². The first kappa shape index (κ1) is 12.3. The molecule has 0 radical (unpaired) electrons. The monoisotopic (exact) mass is 236 g/mol. The van der Waals surface area contributed by atoms with Crippen molar-refractivity contribution in [2.45, 2.75) is 6.92 Å². The summed E-state index contributed by atoms with van der Waals surface area (Å²) in [5.74, 6) is 0.737. The molecule has 1 aliphatic rings. The van der Waals surface area contributed by atoms with Gasteiger partial charge in [0.2, 0.25) is 0 Å². The lowest BCUT2D eigenvalue weighted by molar-refractivity contribution is 0.146. The molecule has 0 aliphatic carbocycles. The molecular formula is C10H18Cl2N2. The normalized spacial score (nSPS) is 21.5. The third kappa shape index (κ3) is 4.18. The molecule has 0 amide bonds. The second-order valence-electron chi connectivity index (χ2n) is 3.76. The highest BCUT2D eigenvalue weighted by Gasteiger charge is 2.15. The number of hydrogen-bond acceptors (Lipinski definition) is 2. The highest BCUT2D eigenvalue weighted by Crippen LogP contribution is 2.05. The van der Waals surface area contributed by atoms with E-state index in [1.165, 1.54) is 5.57 Å². The maximum absolute atomic E-state index is 5.70. The lowest BCUT2D eigenvalue weighted by Gasteiger charge is -2.34. The Balaban J connectivity index is 2.22. The van der Waals surface area contributed by atoms with Crippen molar-refractivity contribution in [1.29, 1.82) is 0 Å². The molecule has 0 bridgehead atoms. The first-order valence-corrected chi connectivity index (χ1v) is 6.00. The molecule has 1 rings (SSSR count). The van der Waals surface area contributed by atoms with Crippen molar-refractivity contribution >= 4 is 23.2 Å². The zero-order chi connectivity index (χ0) is 10.4. The van der Waals surface area contributed by atoms with Crippen molar-refractivity contribution in [3.05, 3.63) is 11.1 Å². The van der Waals surface area contributed by atoms with E-state index in [4.69, 9.17) is 23.2 Å². The summed E-state index contributed by atoms with van der Waals surface area (Å²) in [6, 6.07) is 0. The Bertz CT molecular complexity index is 187. The molecular weight excluding hydrogens is 219 g/mol. The molecule has 0 N–H and O–H groups in total. The van der Waals surface area contributed by atoms with Crippen LogP contribution in [-0.2, 0) is 0 Å². The molecule has 14 heavy (non-hydrogen) atoms. The Labute approximate surface area is 96.5 Å². The van der Waals surface area contributed by atoms with Gasteiger partial charge in [-0.25, -0.2) is 0 Å². The van der Waals surface area contributed by atoms with E-state index in [9.17, 15) is 0 Å². The van der Waals surface area contributed by atoms with E-state index >= 15 is 0 Å². The van der Waals surface area contributed by atoms with E-state index < -0.39 is 0 Å². The number of nitrogens with zero attached hydrogens (tertiary/aromatic N) is 2. The first-order valence-electron chi connectivity index (χ1n) is 5.03. The van der Waals surface area contributed by atoms with E-state index in [0.717, 1.165) is 45.1 Å². The second-order valence-corrected chi connectivity index (χ2v) is 4.36. The molecule has 0 unspecified atom stereocenters. The minimum atomic E-state index is 0.737. The van der Waals surface area contributed by atoms with Crippen LogP contribution in [0, 0.1) is 0 Å². The predicted molar refractivity (Wildman–Crippen MR) is 63.2 cm³/mol. The van der Waals surface area contributed by atoms with Crippen LogP contribution in [-0.4, -0.2) is 54.9 Å². The van der Waals surface area contributed by atoms with Crippen molar-refractivity contribution in [2.24, 2.45) is 0 Å². The molecule has 82 valence electrons. The number of piperazine rings is 1. The number of halogens is 2. The Kier molecular flexibility index (Phi) is 5.87. The molecule has 4 heteroatoms. The van der Waals surface area contributed by atoms with E-state index in [2.05, 4.69) is 16.7 Å². The molecule has 0 spiro atoms. The number of alkyl halides is 1. The summed E-state index contributed by atoms with van der Waals surface area (Å²) in [5.41, 5.74) is 2.91. The van der Waals surface area contributed by atoms with E-state index in [-0.39, 0.29) is 0 Å². The summed E-state index contributed by atoms with van der Waals surface area (Å²) in [6.07, 6.45) is 0. The minimum absolute atomic E-state index is 0.737. The van der Waals surface area contributed by atoms with E-state index in [0.29, 0.717) is 0 Å². The van der Waals surface area contributed by atoms with Gasteiger partial charge in [0.15, 0.2) is 0 Å². The van der Waals surface area contributed by atoms with Gasteiger partial charge in [-0.15, -0.1) is 11.6 Å². The van der Waals surface area contributed by atoms with Crippen molar-refractivity contribution in [3.8, 4) is 0 Å². The van der Waals surface area contributed by atoms with Gasteiger partial charge >= 0.3 is 0 Å². The summed E-state index contributed by atoms with van der Waals surface area (Å²) >= 11 is 11.3. The van der Waals surface area contributed by atoms with Gasteiger partial charge in [0.25, 0.3) is 0 Å². The van der Waals surface area contributed by atoms with Gasteiger partial charge in [-0.3, -0.25) is 9.80 Å². The Morgan fingerprint density at radius 1 is 1.21 bits per heavy atom. The molecule has 1 fully saturated rings. The highest BCUT2D eigenvalue weighted by molar-refractivity contribution is 6.25. The lowest BCUT2D eigenvalue weighted by atomic mass is 10.2. The SMILES string of the molecule is CC(=CCl)CN1CCN(CCCl)CC1. The molecule has 0 aromatic carbocycles. The average molecular weight is 237 g/mol. The van der Waals surface area contributed by atoms with Crippen LogP contribution in [0.4, 0.5) is 0 Å². The van der Waals surface area contributed by atoms with Gasteiger partial charge in [-0.2, -0.15) is 0 Å². The first-order chi connectivity index (χ1) is 6.76. The molecule has 1 saturated heterocycles. The van der Waals surface area contributed by atoms with Crippen LogP contribution in [0.5, 0.6) is 0 Å². The van der Waals surface area contributed by atoms with Gasteiger partial charge in [-0.1, -0.05) is 11.6 Å². The topological polar surface area (TPSA) is 6.48 Å². The van der Waals surface area contributed by atoms with Crippen molar-refractivity contribution < 1.29 is 0 Å². The summed E-state index contributed by atoms with van der Waals surface area (Å²) in [4.78, 5) is 4.84. The van der Waals surface area contributed by atoms with Crippen LogP contribution < -0.4 is 0 Å². The fourth-order valence-corrected chi connectivity index (χ4v) is 1.99.